The molecule has 2 N–H and O–H groups in total. The lowest BCUT2D eigenvalue weighted by Gasteiger charge is -2.11. The fraction of sp³-hybridized carbons (Fsp3) is 0.250. The van der Waals surface area contributed by atoms with Crippen LogP contribution in [0.5, 0.6) is 0 Å². The van der Waals surface area contributed by atoms with Crippen molar-refractivity contribution in [2.45, 2.75) is 18.4 Å². The van der Waals surface area contributed by atoms with Crippen LogP contribution in [-0.2, 0) is 16.6 Å². The summed E-state index contributed by atoms with van der Waals surface area (Å²) >= 11 is 1.56. The maximum Gasteiger partial charge on any atom is 0.240 e. The van der Waals surface area contributed by atoms with Gasteiger partial charge in [-0.05, 0) is 31.7 Å². The number of nitrogens with one attached hydrogen (secondary N) is 2. The van der Waals surface area contributed by atoms with Gasteiger partial charge in [0.2, 0.25) is 10.0 Å². The van der Waals surface area contributed by atoms with Crippen LogP contribution in [0.4, 0.5) is 5.69 Å². The number of sulfonamides is 1. The van der Waals surface area contributed by atoms with Gasteiger partial charge >= 0.3 is 0 Å². The minimum atomic E-state index is -3.41. The van der Waals surface area contributed by atoms with Crippen LogP contribution >= 0.6 is 11.3 Å². The molecule has 0 unspecified atom stereocenters. The fourth-order valence-electron chi connectivity index (χ4n) is 1.59. The van der Waals surface area contributed by atoms with E-state index in [9.17, 15) is 8.42 Å². The van der Waals surface area contributed by atoms with Crippen LogP contribution in [0.3, 0.4) is 0 Å². The van der Waals surface area contributed by atoms with Crippen molar-refractivity contribution in [3.05, 3.63) is 40.3 Å². The Hall–Kier alpha value is -1.44. The summed E-state index contributed by atoms with van der Waals surface area (Å²) in [6.07, 6.45) is 1.79. The van der Waals surface area contributed by atoms with E-state index in [4.69, 9.17) is 0 Å². The first kappa shape index (κ1) is 14.0. The predicted octanol–water partition coefficient (Wildman–Crippen LogP) is 1.97. The summed E-state index contributed by atoms with van der Waals surface area (Å²) in [7, 11) is -2.01. The third-order valence-corrected chi connectivity index (χ3v) is 4.92. The number of aromatic nitrogens is 1. The van der Waals surface area contributed by atoms with Crippen LogP contribution in [0.2, 0.25) is 0 Å². The van der Waals surface area contributed by atoms with Crippen molar-refractivity contribution in [2.24, 2.45) is 0 Å². The summed E-state index contributed by atoms with van der Waals surface area (Å²) in [5.74, 6) is 0. The van der Waals surface area contributed by atoms with E-state index in [-0.39, 0.29) is 4.90 Å². The summed E-state index contributed by atoms with van der Waals surface area (Å²) in [4.78, 5) is 5.35. The van der Waals surface area contributed by atoms with Gasteiger partial charge < -0.3 is 5.32 Å². The molecule has 7 heteroatoms. The average molecular weight is 297 g/mol. The molecule has 1 aromatic carbocycles. The molecule has 0 saturated carbocycles. The van der Waals surface area contributed by atoms with Gasteiger partial charge in [-0.15, -0.1) is 11.3 Å². The number of rotatable bonds is 5. The lowest BCUT2D eigenvalue weighted by molar-refractivity contribution is 0.588. The largest absolute Gasteiger partial charge is 0.380 e. The second-order valence-corrected chi connectivity index (χ2v) is 6.86. The standard InChI is InChI=1S/C12H15N3O2S2/c1-9-3-4-11(19(16,17)13-2)5-12(9)15-7-10-6-14-8-18-10/h3-6,8,13,15H,7H2,1-2H3. The second-order valence-electron chi connectivity index (χ2n) is 4.01. The minimum absolute atomic E-state index is 0.257. The summed E-state index contributed by atoms with van der Waals surface area (Å²) in [5, 5.41) is 3.23. The highest BCUT2D eigenvalue weighted by molar-refractivity contribution is 7.89. The van der Waals surface area contributed by atoms with Crippen LogP contribution in [0.25, 0.3) is 0 Å². The van der Waals surface area contributed by atoms with Gasteiger partial charge in [-0.2, -0.15) is 0 Å². The van der Waals surface area contributed by atoms with Crippen molar-refractivity contribution in [2.75, 3.05) is 12.4 Å². The Morgan fingerprint density at radius 1 is 1.37 bits per heavy atom. The van der Waals surface area contributed by atoms with Gasteiger partial charge in [-0.3, -0.25) is 4.98 Å². The maximum atomic E-state index is 11.8. The third kappa shape index (κ3) is 3.31. The molecule has 2 aromatic rings. The Labute approximate surface area is 116 Å². The Bertz CT molecular complexity index is 652. The first-order valence-electron chi connectivity index (χ1n) is 5.68. The second kappa shape index (κ2) is 5.68. The molecule has 0 amide bonds. The molecular formula is C12H15N3O2S2. The highest BCUT2D eigenvalue weighted by atomic mass is 32.2. The normalized spacial score (nSPS) is 11.5. The van der Waals surface area contributed by atoms with E-state index in [1.165, 1.54) is 7.05 Å². The summed E-state index contributed by atoms with van der Waals surface area (Å²) in [6.45, 7) is 2.57. The van der Waals surface area contributed by atoms with E-state index >= 15 is 0 Å². The molecule has 0 atom stereocenters. The number of benzene rings is 1. The fourth-order valence-corrected chi connectivity index (χ4v) is 2.88. The molecule has 2 rings (SSSR count). The molecule has 1 aromatic heterocycles. The molecule has 0 bridgehead atoms. The lowest BCUT2D eigenvalue weighted by Crippen LogP contribution is -2.18. The topological polar surface area (TPSA) is 71.1 Å². The van der Waals surface area contributed by atoms with Gasteiger partial charge in [0.05, 0.1) is 17.0 Å². The van der Waals surface area contributed by atoms with Crippen LogP contribution in [0.1, 0.15) is 10.4 Å². The van der Waals surface area contributed by atoms with E-state index in [2.05, 4.69) is 15.0 Å². The zero-order chi connectivity index (χ0) is 13.9. The van der Waals surface area contributed by atoms with Gasteiger partial charge in [0.1, 0.15) is 0 Å². The Kier molecular flexibility index (Phi) is 4.18. The first-order chi connectivity index (χ1) is 9.03. The molecule has 0 saturated heterocycles. The van der Waals surface area contributed by atoms with Crippen molar-refractivity contribution in [3.8, 4) is 0 Å². The first-order valence-corrected chi connectivity index (χ1v) is 8.04. The SMILES string of the molecule is CNS(=O)(=O)c1ccc(C)c(NCc2cncs2)c1. The van der Waals surface area contributed by atoms with E-state index in [1.807, 2.05) is 6.92 Å². The lowest BCUT2D eigenvalue weighted by atomic mass is 10.2. The quantitative estimate of drug-likeness (QED) is 0.885. The van der Waals surface area contributed by atoms with E-state index in [1.54, 1.807) is 41.2 Å². The van der Waals surface area contributed by atoms with Crippen molar-refractivity contribution in [1.29, 1.82) is 0 Å². The van der Waals surface area contributed by atoms with Crippen molar-refractivity contribution < 1.29 is 8.42 Å². The number of nitrogens with zero attached hydrogens (tertiary/aromatic N) is 1. The molecule has 0 aliphatic rings. The van der Waals surface area contributed by atoms with Gasteiger partial charge in [0, 0.05) is 16.8 Å². The van der Waals surface area contributed by atoms with Gasteiger partial charge in [-0.1, -0.05) is 6.07 Å². The van der Waals surface area contributed by atoms with Gasteiger partial charge in [0.15, 0.2) is 0 Å². The molecule has 102 valence electrons. The molecule has 0 aliphatic heterocycles. The summed E-state index contributed by atoms with van der Waals surface area (Å²) in [5.41, 5.74) is 3.58. The molecule has 0 radical (unpaired) electrons. The highest BCUT2D eigenvalue weighted by Gasteiger charge is 2.12. The molecule has 0 fully saturated rings. The number of hydrogen-bond acceptors (Lipinski definition) is 5. The van der Waals surface area contributed by atoms with E-state index in [0.717, 1.165) is 16.1 Å². The molecule has 0 aliphatic carbocycles. The van der Waals surface area contributed by atoms with E-state index < -0.39 is 10.0 Å². The highest BCUT2D eigenvalue weighted by Crippen LogP contribution is 2.21. The zero-order valence-electron chi connectivity index (χ0n) is 10.7. The van der Waals surface area contributed by atoms with Crippen LogP contribution < -0.4 is 10.0 Å². The number of aryl methyl sites for hydroxylation is 1. The molecule has 0 spiro atoms. The molecule has 19 heavy (non-hydrogen) atoms. The van der Waals surface area contributed by atoms with Gasteiger partial charge in [0.25, 0.3) is 0 Å². The van der Waals surface area contributed by atoms with E-state index in [0.29, 0.717) is 6.54 Å². The molecular weight excluding hydrogens is 282 g/mol. The average Bonchev–Trinajstić information content (AvgIpc) is 2.90. The zero-order valence-corrected chi connectivity index (χ0v) is 12.3. The molecule has 5 nitrogen and oxygen atoms in total. The third-order valence-electron chi connectivity index (χ3n) is 2.72. The van der Waals surface area contributed by atoms with Gasteiger partial charge in [-0.25, -0.2) is 13.1 Å². The predicted molar refractivity (Wildman–Crippen MR) is 76.9 cm³/mol. The Morgan fingerprint density at radius 3 is 2.79 bits per heavy atom. The maximum absolute atomic E-state index is 11.8. The molecule has 1 heterocycles. The Balaban J connectivity index is 2.22. The summed E-state index contributed by atoms with van der Waals surface area (Å²) in [6, 6.07) is 5.03. The number of anilines is 1. The smallest absolute Gasteiger partial charge is 0.240 e. The minimum Gasteiger partial charge on any atom is -0.380 e. The van der Waals surface area contributed by atoms with Crippen molar-refractivity contribution >= 4 is 27.0 Å². The number of thiazole rings is 1. The summed E-state index contributed by atoms with van der Waals surface area (Å²) < 4.78 is 25.8. The van der Waals surface area contributed by atoms with Crippen LogP contribution in [0.15, 0.2) is 34.8 Å². The van der Waals surface area contributed by atoms with Crippen LogP contribution in [-0.4, -0.2) is 20.4 Å². The monoisotopic (exact) mass is 297 g/mol. The Morgan fingerprint density at radius 2 is 2.16 bits per heavy atom. The number of hydrogen-bond donors (Lipinski definition) is 2. The van der Waals surface area contributed by atoms with Crippen LogP contribution in [0, 0.1) is 6.92 Å². The van der Waals surface area contributed by atoms with Crippen molar-refractivity contribution in [3.63, 3.8) is 0 Å². The van der Waals surface area contributed by atoms with Crippen molar-refractivity contribution in [1.82, 2.24) is 9.71 Å².